The van der Waals surface area contributed by atoms with Crippen LogP contribution in [0.4, 0.5) is 0 Å². The fourth-order valence-corrected chi connectivity index (χ4v) is 2.75. The van der Waals surface area contributed by atoms with Gasteiger partial charge in [-0.15, -0.1) is 0 Å². The monoisotopic (exact) mass is 177 g/mol. The summed E-state index contributed by atoms with van der Waals surface area (Å²) in [6.07, 6.45) is 17.9. The maximum Gasteiger partial charge on any atom is -0.0197 e. The van der Waals surface area contributed by atoms with E-state index in [1.165, 1.54) is 64.2 Å². The Morgan fingerprint density at radius 3 is 2.23 bits per heavy atom. The second kappa shape index (κ2) is 4.83. The molecule has 1 radical (unpaired) electrons. The van der Waals surface area contributed by atoms with Crippen LogP contribution in [0.15, 0.2) is 5.57 Å². The second-order valence-corrected chi connectivity index (χ2v) is 4.60. The Kier molecular flexibility index (Phi) is 3.46. The van der Waals surface area contributed by atoms with Crippen molar-refractivity contribution in [1.82, 2.24) is 0 Å². The van der Waals surface area contributed by atoms with Gasteiger partial charge in [-0.3, -0.25) is 0 Å². The Balaban J connectivity index is 1.92. The Hall–Kier alpha value is -0.260. The molecule has 0 heteroatoms. The third kappa shape index (κ3) is 2.59. The van der Waals surface area contributed by atoms with Gasteiger partial charge in [-0.1, -0.05) is 31.3 Å². The number of hydrogen-bond donors (Lipinski definition) is 0. The van der Waals surface area contributed by atoms with Gasteiger partial charge in [-0.25, -0.2) is 0 Å². The van der Waals surface area contributed by atoms with Crippen molar-refractivity contribution in [2.45, 2.75) is 64.2 Å². The molecule has 0 spiro atoms. The zero-order valence-electron chi connectivity index (χ0n) is 8.65. The Morgan fingerprint density at radius 2 is 1.62 bits per heavy atom. The van der Waals surface area contributed by atoms with E-state index in [0.717, 1.165) is 5.92 Å². The van der Waals surface area contributed by atoms with E-state index < -0.39 is 0 Å². The topological polar surface area (TPSA) is 0 Å². The van der Waals surface area contributed by atoms with E-state index in [4.69, 9.17) is 0 Å². The van der Waals surface area contributed by atoms with E-state index in [1.807, 2.05) is 0 Å². The molecule has 0 unspecified atom stereocenters. The summed E-state index contributed by atoms with van der Waals surface area (Å²) in [6, 6.07) is 0. The molecule has 0 N–H and O–H groups in total. The van der Waals surface area contributed by atoms with Crippen molar-refractivity contribution in [3.05, 3.63) is 11.6 Å². The minimum Gasteiger partial charge on any atom is -0.0636 e. The smallest absolute Gasteiger partial charge is 0.0197 e. The molecular formula is C13H21. The lowest BCUT2D eigenvalue weighted by Crippen LogP contribution is -2.06. The maximum absolute atomic E-state index is 3.63. The van der Waals surface area contributed by atoms with Crippen molar-refractivity contribution in [2.75, 3.05) is 0 Å². The number of allylic oxidation sites excluding steroid dienone is 2. The van der Waals surface area contributed by atoms with Crippen molar-refractivity contribution >= 4 is 0 Å². The summed E-state index contributed by atoms with van der Waals surface area (Å²) in [5.41, 5.74) is 1.70. The summed E-state index contributed by atoms with van der Waals surface area (Å²) in [6.45, 7) is 0. The van der Waals surface area contributed by atoms with Crippen LogP contribution in [0.5, 0.6) is 0 Å². The van der Waals surface area contributed by atoms with Gasteiger partial charge in [-0.2, -0.15) is 0 Å². The highest BCUT2D eigenvalue weighted by molar-refractivity contribution is 5.05. The van der Waals surface area contributed by atoms with Gasteiger partial charge in [0, 0.05) is 0 Å². The van der Waals surface area contributed by atoms with Crippen LogP contribution in [0, 0.1) is 12.0 Å². The first-order valence-electron chi connectivity index (χ1n) is 6.06. The van der Waals surface area contributed by atoms with Crippen LogP contribution in [-0.2, 0) is 0 Å². The van der Waals surface area contributed by atoms with Crippen LogP contribution in [0.2, 0.25) is 0 Å². The van der Waals surface area contributed by atoms with E-state index in [1.54, 1.807) is 5.57 Å². The molecule has 2 aliphatic carbocycles. The van der Waals surface area contributed by atoms with Crippen molar-refractivity contribution < 1.29 is 0 Å². The van der Waals surface area contributed by atoms with Gasteiger partial charge in [0.15, 0.2) is 0 Å². The standard InChI is InChI=1S/C13H21/c1-2-5-9-12(8-4-1)13-10-6-3-7-11-13/h12H,1-10H2. The van der Waals surface area contributed by atoms with Gasteiger partial charge in [-0.05, 0) is 50.5 Å². The maximum atomic E-state index is 3.63. The molecule has 13 heavy (non-hydrogen) atoms. The summed E-state index contributed by atoms with van der Waals surface area (Å²) in [5.74, 6) is 0.933. The fraction of sp³-hybridized carbons (Fsp3) is 0.846. The molecule has 0 aromatic rings. The number of rotatable bonds is 1. The van der Waals surface area contributed by atoms with Crippen LogP contribution in [-0.4, -0.2) is 0 Å². The summed E-state index contributed by atoms with van der Waals surface area (Å²) in [4.78, 5) is 0. The van der Waals surface area contributed by atoms with Gasteiger partial charge in [0.25, 0.3) is 0 Å². The molecule has 0 heterocycles. The molecule has 0 aromatic carbocycles. The summed E-state index contributed by atoms with van der Waals surface area (Å²) in [5, 5.41) is 0. The van der Waals surface area contributed by atoms with Crippen LogP contribution in [0.25, 0.3) is 0 Å². The van der Waals surface area contributed by atoms with Crippen LogP contribution >= 0.6 is 0 Å². The highest BCUT2D eigenvalue weighted by Crippen LogP contribution is 2.33. The molecule has 1 saturated carbocycles. The fourth-order valence-electron chi connectivity index (χ4n) is 2.75. The molecule has 2 aliphatic rings. The molecule has 1 fully saturated rings. The molecule has 0 bridgehead atoms. The average Bonchev–Trinajstić information content (AvgIpc) is 2.47. The SMILES string of the molecule is [C]1=C(C2CCCCCC2)CCCC1. The van der Waals surface area contributed by atoms with Crippen LogP contribution in [0.3, 0.4) is 0 Å². The molecule has 0 nitrogen and oxygen atoms in total. The predicted octanol–water partition coefficient (Wildman–Crippen LogP) is 4.26. The van der Waals surface area contributed by atoms with E-state index in [0.29, 0.717) is 0 Å². The highest BCUT2D eigenvalue weighted by atomic mass is 14.2. The van der Waals surface area contributed by atoms with Crippen molar-refractivity contribution in [1.29, 1.82) is 0 Å². The molecule has 2 rings (SSSR count). The van der Waals surface area contributed by atoms with E-state index in [2.05, 4.69) is 6.08 Å². The van der Waals surface area contributed by atoms with Crippen LogP contribution < -0.4 is 0 Å². The highest BCUT2D eigenvalue weighted by Gasteiger charge is 2.17. The van der Waals surface area contributed by atoms with Gasteiger partial charge in [0.05, 0.1) is 0 Å². The molecule has 0 amide bonds. The molecule has 0 aromatic heterocycles. The molecule has 0 aliphatic heterocycles. The Bertz CT molecular complexity index is 170. The van der Waals surface area contributed by atoms with Gasteiger partial charge in [0.2, 0.25) is 0 Å². The largest absolute Gasteiger partial charge is 0.0636 e. The Morgan fingerprint density at radius 1 is 0.846 bits per heavy atom. The lowest BCUT2D eigenvalue weighted by atomic mass is 9.85. The minimum absolute atomic E-state index is 0.933. The third-order valence-corrected chi connectivity index (χ3v) is 3.57. The quantitative estimate of drug-likeness (QED) is 0.525. The van der Waals surface area contributed by atoms with Gasteiger partial charge in [0.1, 0.15) is 0 Å². The van der Waals surface area contributed by atoms with Gasteiger partial charge >= 0.3 is 0 Å². The summed E-state index contributed by atoms with van der Waals surface area (Å²) >= 11 is 0. The number of hydrogen-bond acceptors (Lipinski definition) is 0. The van der Waals surface area contributed by atoms with Gasteiger partial charge < -0.3 is 0 Å². The average molecular weight is 177 g/mol. The third-order valence-electron chi connectivity index (χ3n) is 3.57. The summed E-state index contributed by atoms with van der Waals surface area (Å²) in [7, 11) is 0. The molecule has 73 valence electrons. The lowest BCUT2D eigenvalue weighted by Gasteiger charge is -2.21. The first-order valence-corrected chi connectivity index (χ1v) is 6.06. The molecule has 0 saturated heterocycles. The second-order valence-electron chi connectivity index (χ2n) is 4.60. The minimum atomic E-state index is 0.933. The summed E-state index contributed by atoms with van der Waals surface area (Å²) < 4.78 is 0. The first kappa shape index (κ1) is 9.30. The molecular weight excluding hydrogens is 156 g/mol. The predicted molar refractivity (Wildman–Crippen MR) is 56.4 cm³/mol. The molecule has 0 atom stereocenters. The normalized spacial score (nSPS) is 26.6. The van der Waals surface area contributed by atoms with Crippen molar-refractivity contribution in [3.63, 3.8) is 0 Å². The van der Waals surface area contributed by atoms with E-state index in [-0.39, 0.29) is 0 Å². The van der Waals surface area contributed by atoms with Crippen molar-refractivity contribution in [2.24, 2.45) is 5.92 Å². The first-order chi connectivity index (χ1) is 6.47. The van der Waals surface area contributed by atoms with Crippen LogP contribution in [0.1, 0.15) is 64.2 Å². The van der Waals surface area contributed by atoms with Crippen molar-refractivity contribution in [3.8, 4) is 0 Å². The van der Waals surface area contributed by atoms with E-state index >= 15 is 0 Å². The van der Waals surface area contributed by atoms with E-state index in [9.17, 15) is 0 Å². The Labute approximate surface area is 82.4 Å². The zero-order valence-corrected chi connectivity index (χ0v) is 8.65. The zero-order chi connectivity index (χ0) is 8.93. The lowest BCUT2D eigenvalue weighted by molar-refractivity contribution is 0.487.